The maximum absolute atomic E-state index is 13.9. The van der Waals surface area contributed by atoms with Crippen LogP contribution in [0.3, 0.4) is 0 Å². The highest BCUT2D eigenvalue weighted by atomic mass is 32.2. The molecule has 1 amide bonds. The van der Waals surface area contributed by atoms with Crippen molar-refractivity contribution in [2.24, 2.45) is 14.1 Å². The maximum atomic E-state index is 13.9. The molecule has 0 radical (unpaired) electrons. The number of nitrogens with zero attached hydrogens (tertiary/aromatic N) is 3. The SMILES string of the molecule is CCOc1ccc(N(C(=O)c2ccccc2OC)S(=O)(=O)c2ccc3c(c2)n(C)c(=O)n3C)cc1. The van der Waals surface area contributed by atoms with Gasteiger partial charge in [0.2, 0.25) is 0 Å². The molecule has 0 saturated carbocycles. The van der Waals surface area contributed by atoms with Crippen LogP contribution < -0.4 is 19.5 Å². The lowest BCUT2D eigenvalue weighted by Crippen LogP contribution is -2.37. The van der Waals surface area contributed by atoms with Gasteiger partial charge in [0.05, 0.1) is 40.9 Å². The number of imidazole rings is 1. The smallest absolute Gasteiger partial charge is 0.328 e. The Hall–Kier alpha value is -4.05. The minimum atomic E-state index is -4.40. The molecule has 35 heavy (non-hydrogen) atoms. The first kappa shape index (κ1) is 24.1. The van der Waals surface area contributed by atoms with Crippen molar-refractivity contribution < 1.29 is 22.7 Å². The lowest BCUT2D eigenvalue weighted by molar-refractivity contribution is 0.100. The van der Waals surface area contributed by atoms with Crippen molar-refractivity contribution in [3.8, 4) is 11.5 Å². The van der Waals surface area contributed by atoms with Crippen molar-refractivity contribution in [2.75, 3.05) is 18.0 Å². The third kappa shape index (κ3) is 4.17. The minimum absolute atomic E-state index is 0.0839. The molecule has 10 heteroatoms. The van der Waals surface area contributed by atoms with Crippen LogP contribution in [-0.2, 0) is 24.1 Å². The minimum Gasteiger partial charge on any atom is -0.496 e. The monoisotopic (exact) mass is 495 g/mol. The molecule has 0 bridgehead atoms. The van der Waals surface area contributed by atoms with Gasteiger partial charge in [-0.3, -0.25) is 13.9 Å². The van der Waals surface area contributed by atoms with E-state index in [1.54, 1.807) is 50.5 Å². The van der Waals surface area contributed by atoms with E-state index in [1.807, 2.05) is 6.92 Å². The molecule has 0 atom stereocenters. The molecule has 0 saturated heterocycles. The highest BCUT2D eigenvalue weighted by molar-refractivity contribution is 7.93. The quantitative estimate of drug-likeness (QED) is 0.390. The summed E-state index contributed by atoms with van der Waals surface area (Å²) in [7, 11) is 0.176. The van der Waals surface area contributed by atoms with Crippen LogP contribution in [0, 0.1) is 0 Å². The van der Waals surface area contributed by atoms with E-state index in [2.05, 4.69) is 0 Å². The van der Waals surface area contributed by atoms with Gasteiger partial charge in [-0.2, -0.15) is 4.31 Å². The zero-order chi connectivity index (χ0) is 25.3. The predicted molar refractivity (Wildman–Crippen MR) is 133 cm³/mol. The van der Waals surface area contributed by atoms with Crippen molar-refractivity contribution >= 4 is 32.7 Å². The van der Waals surface area contributed by atoms with Crippen LogP contribution in [0.2, 0.25) is 0 Å². The van der Waals surface area contributed by atoms with Gasteiger partial charge < -0.3 is 9.47 Å². The Morgan fingerprint density at radius 1 is 0.943 bits per heavy atom. The Morgan fingerprint density at radius 2 is 1.60 bits per heavy atom. The maximum Gasteiger partial charge on any atom is 0.328 e. The molecule has 0 aliphatic heterocycles. The molecular formula is C25H25N3O6S. The Morgan fingerprint density at radius 3 is 2.26 bits per heavy atom. The number of aryl methyl sites for hydroxylation is 2. The van der Waals surface area contributed by atoms with Crippen molar-refractivity contribution in [3.63, 3.8) is 0 Å². The van der Waals surface area contributed by atoms with Crippen molar-refractivity contribution in [1.29, 1.82) is 0 Å². The van der Waals surface area contributed by atoms with Crippen LogP contribution in [-0.4, -0.2) is 37.2 Å². The highest BCUT2D eigenvalue weighted by Gasteiger charge is 2.34. The first-order valence-corrected chi connectivity index (χ1v) is 12.3. The summed E-state index contributed by atoms with van der Waals surface area (Å²) in [6.45, 7) is 2.28. The van der Waals surface area contributed by atoms with Crippen LogP contribution in [0.4, 0.5) is 5.69 Å². The number of hydrogen-bond acceptors (Lipinski definition) is 6. The summed E-state index contributed by atoms with van der Waals surface area (Å²) in [5.74, 6) is -0.00255. The fourth-order valence-corrected chi connectivity index (χ4v) is 5.32. The number of aromatic nitrogens is 2. The van der Waals surface area contributed by atoms with Crippen molar-refractivity contribution in [3.05, 3.63) is 82.8 Å². The van der Waals surface area contributed by atoms with Crippen LogP contribution >= 0.6 is 0 Å². The van der Waals surface area contributed by atoms with E-state index in [4.69, 9.17) is 9.47 Å². The zero-order valence-corrected chi connectivity index (χ0v) is 20.6. The largest absolute Gasteiger partial charge is 0.496 e. The average Bonchev–Trinajstić information content (AvgIpc) is 3.08. The average molecular weight is 496 g/mol. The standard InChI is InChI=1S/C25H25N3O6S/c1-5-34-18-12-10-17(11-13-18)28(24(29)20-8-6-7-9-23(20)33-4)35(31,32)19-14-15-21-22(16-19)27(3)25(30)26(21)2/h6-16H,5H2,1-4H3. The Balaban J connectivity index is 1.91. The summed E-state index contributed by atoms with van der Waals surface area (Å²) in [5, 5.41) is 0. The number of carbonyl (C=O) groups is 1. The molecule has 0 aliphatic carbocycles. The molecule has 0 fully saturated rings. The number of methoxy groups -OCH3 is 1. The molecule has 182 valence electrons. The summed E-state index contributed by atoms with van der Waals surface area (Å²) in [6.07, 6.45) is 0. The van der Waals surface area contributed by atoms with Gasteiger partial charge in [0.15, 0.2) is 0 Å². The third-order valence-electron chi connectivity index (χ3n) is 5.69. The number of ether oxygens (including phenoxy) is 2. The van der Waals surface area contributed by atoms with Crippen molar-refractivity contribution in [1.82, 2.24) is 9.13 Å². The molecule has 9 nitrogen and oxygen atoms in total. The number of para-hydroxylation sites is 1. The van der Waals surface area contributed by atoms with Gasteiger partial charge in [-0.1, -0.05) is 12.1 Å². The lowest BCUT2D eigenvalue weighted by atomic mass is 10.2. The second-order valence-corrected chi connectivity index (χ2v) is 9.54. The van der Waals surface area contributed by atoms with E-state index in [-0.39, 0.29) is 27.6 Å². The molecule has 0 N–H and O–H groups in total. The fraction of sp³-hybridized carbons (Fsp3) is 0.200. The first-order valence-electron chi connectivity index (χ1n) is 10.8. The van der Waals surface area contributed by atoms with Gasteiger partial charge in [0.25, 0.3) is 15.9 Å². The van der Waals surface area contributed by atoms with Crippen LogP contribution in [0.15, 0.2) is 76.4 Å². The van der Waals surface area contributed by atoms with Gasteiger partial charge in [0, 0.05) is 14.1 Å². The number of fused-ring (bicyclic) bond motifs is 1. The van der Waals surface area contributed by atoms with E-state index in [0.717, 1.165) is 4.31 Å². The molecule has 1 heterocycles. The van der Waals surface area contributed by atoms with Gasteiger partial charge in [-0.15, -0.1) is 0 Å². The first-order chi connectivity index (χ1) is 16.7. The summed E-state index contributed by atoms with van der Waals surface area (Å²) >= 11 is 0. The summed E-state index contributed by atoms with van der Waals surface area (Å²) in [6, 6.07) is 16.9. The summed E-state index contributed by atoms with van der Waals surface area (Å²) < 4.78 is 42.2. The number of rotatable bonds is 7. The molecule has 1 aromatic heterocycles. The van der Waals surface area contributed by atoms with E-state index in [9.17, 15) is 18.0 Å². The topological polar surface area (TPSA) is 99.8 Å². The molecular weight excluding hydrogens is 470 g/mol. The molecule has 3 aromatic carbocycles. The van der Waals surface area contributed by atoms with Gasteiger partial charge >= 0.3 is 5.69 Å². The summed E-state index contributed by atoms with van der Waals surface area (Å²) in [4.78, 5) is 25.9. The van der Waals surface area contributed by atoms with Crippen LogP contribution in [0.5, 0.6) is 11.5 Å². The molecule has 0 aliphatic rings. The Labute approximate surface area is 202 Å². The Bertz CT molecular complexity index is 1570. The third-order valence-corrected chi connectivity index (χ3v) is 7.39. The number of sulfonamides is 1. The predicted octanol–water partition coefficient (Wildman–Crippen LogP) is 3.32. The lowest BCUT2D eigenvalue weighted by Gasteiger charge is -2.24. The highest BCUT2D eigenvalue weighted by Crippen LogP contribution is 2.31. The summed E-state index contributed by atoms with van der Waals surface area (Å²) in [5.41, 5.74) is 0.921. The van der Waals surface area contributed by atoms with E-state index < -0.39 is 15.9 Å². The van der Waals surface area contributed by atoms with Gasteiger partial charge in [-0.05, 0) is 61.5 Å². The number of carbonyl (C=O) groups excluding carboxylic acids is 1. The van der Waals surface area contributed by atoms with E-state index >= 15 is 0 Å². The number of benzene rings is 3. The zero-order valence-electron chi connectivity index (χ0n) is 19.8. The normalized spacial score (nSPS) is 11.4. The molecule has 4 rings (SSSR count). The fourth-order valence-electron chi connectivity index (χ4n) is 3.89. The van der Waals surface area contributed by atoms with Crippen LogP contribution in [0.1, 0.15) is 17.3 Å². The van der Waals surface area contributed by atoms with Gasteiger partial charge in [0.1, 0.15) is 11.5 Å². The second-order valence-electron chi connectivity index (χ2n) is 7.75. The molecule has 0 spiro atoms. The number of amides is 1. The van der Waals surface area contributed by atoms with Crippen LogP contribution in [0.25, 0.3) is 11.0 Å². The number of anilines is 1. The van der Waals surface area contributed by atoms with E-state index in [1.165, 1.54) is 46.6 Å². The van der Waals surface area contributed by atoms with E-state index in [0.29, 0.717) is 23.4 Å². The van der Waals surface area contributed by atoms with Crippen molar-refractivity contribution in [2.45, 2.75) is 11.8 Å². The second kappa shape index (κ2) is 9.30. The number of hydrogen-bond donors (Lipinski definition) is 0. The molecule has 4 aromatic rings. The molecule has 0 unspecified atom stereocenters. The Kier molecular flexibility index (Phi) is 6.40. The van der Waals surface area contributed by atoms with Gasteiger partial charge in [-0.25, -0.2) is 13.2 Å².